The van der Waals surface area contributed by atoms with E-state index in [4.69, 9.17) is 13.6 Å². The van der Waals surface area contributed by atoms with Crippen LogP contribution in [0, 0.1) is 0 Å². The highest BCUT2D eigenvalue weighted by Gasteiger charge is 2.46. The molecule has 0 aliphatic rings. The molecule has 160 valence electrons. The van der Waals surface area contributed by atoms with E-state index in [1.54, 1.807) is 12.1 Å². The van der Waals surface area contributed by atoms with Gasteiger partial charge in [0.25, 0.3) is 8.32 Å². The highest BCUT2D eigenvalue weighted by Crippen LogP contribution is 2.42. The molecule has 0 saturated heterocycles. The van der Waals surface area contributed by atoms with Crippen molar-refractivity contribution in [3.63, 3.8) is 0 Å². The van der Waals surface area contributed by atoms with Crippen LogP contribution >= 0.6 is 0 Å². The fourth-order valence-electron chi connectivity index (χ4n) is 4.51. The number of fused-ring (bicyclic) bond motifs is 1. The molecule has 5 heteroatoms. The number of rotatable bonds is 8. The third-order valence-electron chi connectivity index (χ3n) is 5.93. The second-order valence-electron chi connectivity index (χ2n) is 8.81. The zero-order chi connectivity index (χ0) is 21.9. The highest BCUT2D eigenvalue weighted by molar-refractivity contribution is 6.78. The molecule has 0 aliphatic heterocycles. The van der Waals surface area contributed by atoms with Gasteiger partial charge in [0.05, 0.1) is 0 Å². The lowest BCUT2D eigenvalue weighted by Crippen LogP contribution is -2.50. The minimum absolute atomic E-state index is 0.362. The zero-order valence-corrected chi connectivity index (χ0v) is 19.8. The first-order valence-corrected chi connectivity index (χ1v) is 12.8. The van der Waals surface area contributed by atoms with Crippen molar-refractivity contribution in [3.8, 4) is 11.5 Å². The second-order valence-corrected chi connectivity index (χ2v) is 14.2. The summed E-state index contributed by atoms with van der Waals surface area (Å²) in [6, 6.07) is 16.9. The molecule has 0 unspecified atom stereocenters. The molecule has 0 atom stereocenters. The van der Waals surface area contributed by atoms with Crippen LogP contribution in [0.25, 0.3) is 11.0 Å². The van der Waals surface area contributed by atoms with Gasteiger partial charge in [0.2, 0.25) is 0 Å². The zero-order valence-electron chi connectivity index (χ0n) is 18.8. The van der Waals surface area contributed by atoms with E-state index in [2.05, 4.69) is 53.7 Å². The van der Waals surface area contributed by atoms with Crippen molar-refractivity contribution in [2.45, 2.75) is 64.8 Å². The van der Waals surface area contributed by atoms with Crippen LogP contribution in [0.5, 0.6) is 11.5 Å². The number of hydrogen-bond donors (Lipinski definition) is 0. The molecule has 0 amide bonds. The van der Waals surface area contributed by atoms with Gasteiger partial charge in [0, 0.05) is 17.5 Å². The summed E-state index contributed by atoms with van der Waals surface area (Å²) in [5.41, 5.74) is 2.83. The van der Waals surface area contributed by atoms with Gasteiger partial charge in [-0.1, -0.05) is 53.7 Å². The molecule has 0 saturated carbocycles. The molecule has 0 spiro atoms. The Balaban J connectivity index is 1.70. The van der Waals surface area contributed by atoms with Gasteiger partial charge in [0.15, 0.2) is 0 Å². The monoisotopic (exact) mass is 424 g/mol. The Kier molecular flexibility index (Phi) is 6.71. The Bertz CT molecular complexity index is 1010. The van der Waals surface area contributed by atoms with E-state index in [9.17, 15) is 4.79 Å². The fraction of sp³-hybridized carbons (Fsp3) is 0.400. The standard InChI is InChI=1S/C25H32O4Si/c1-17(2)30(18(3)4,19(5)6)29-22-11-7-20(8-12-22)16-27-23-13-9-21-10-14-25(26)28-24(21)15-23/h7-15,17-19H,16H2,1-6H3. The molecule has 3 aromatic rings. The van der Waals surface area contributed by atoms with Gasteiger partial charge in [-0.25, -0.2) is 4.79 Å². The molecular formula is C25H32O4Si. The Morgan fingerprint density at radius 2 is 1.37 bits per heavy atom. The molecule has 0 bridgehead atoms. The fourth-order valence-corrected chi connectivity index (χ4v) is 9.76. The average Bonchev–Trinajstić information content (AvgIpc) is 2.70. The molecule has 1 aromatic heterocycles. The maximum atomic E-state index is 11.4. The Morgan fingerprint density at radius 1 is 0.800 bits per heavy atom. The number of ether oxygens (including phenoxy) is 1. The molecule has 2 aromatic carbocycles. The van der Waals surface area contributed by atoms with Crippen molar-refractivity contribution in [1.82, 2.24) is 0 Å². The largest absolute Gasteiger partial charge is 0.543 e. The molecule has 30 heavy (non-hydrogen) atoms. The van der Waals surface area contributed by atoms with Crippen LogP contribution in [-0.4, -0.2) is 8.32 Å². The Morgan fingerprint density at radius 3 is 1.97 bits per heavy atom. The van der Waals surface area contributed by atoms with Crippen molar-refractivity contribution in [2.75, 3.05) is 0 Å². The first-order valence-electron chi connectivity index (χ1n) is 10.7. The number of benzene rings is 2. The quantitative estimate of drug-likeness (QED) is 0.291. The minimum Gasteiger partial charge on any atom is -0.543 e. The summed E-state index contributed by atoms with van der Waals surface area (Å²) in [7, 11) is -1.95. The smallest absolute Gasteiger partial charge is 0.336 e. The van der Waals surface area contributed by atoms with E-state index in [0.717, 1.165) is 16.7 Å². The summed E-state index contributed by atoms with van der Waals surface area (Å²) in [6.07, 6.45) is 0. The van der Waals surface area contributed by atoms with Crippen molar-refractivity contribution in [2.24, 2.45) is 0 Å². The first-order chi connectivity index (χ1) is 14.2. The van der Waals surface area contributed by atoms with Crippen LogP contribution in [0.3, 0.4) is 0 Å². The third-order valence-corrected chi connectivity index (χ3v) is 11.9. The van der Waals surface area contributed by atoms with Crippen molar-refractivity contribution < 1.29 is 13.6 Å². The van der Waals surface area contributed by atoms with Crippen LogP contribution in [0.4, 0.5) is 0 Å². The van der Waals surface area contributed by atoms with E-state index in [0.29, 0.717) is 34.6 Å². The van der Waals surface area contributed by atoms with Crippen LogP contribution in [0.15, 0.2) is 63.8 Å². The van der Waals surface area contributed by atoms with Crippen LogP contribution in [0.1, 0.15) is 47.1 Å². The van der Waals surface area contributed by atoms with E-state index in [-0.39, 0.29) is 5.63 Å². The van der Waals surface area contributed by atoms with E-state index in [1.807, 2.05) is 24.3 Å². The highest BCUT2D eigenvalue weighted by atomic mass is 28.4. The van der Waals surface area contributed by atoms with E-state index < -0.39 is 8.32 Å². The topological polar surface area (TPSA) is 48.7 Å². The maximum Gasteiger partial charge on any atom is 0.336 e. The lowest BCUT2D eigenvalue weighted by Gasteiger charge is -2.42. The van der Waals surface area contributed by atoms with Crippen LogP contribution < -0.4 is 14.8 Å². The molecule has 4 nitrogen and oxygen atoms in total. The first kappa shape index (κ1) is 22.2. The predicted octanol–water partition coefficient (Wildman–Crippen LogP) is 6.93. The van der Waals surface area contributed by atoms with Crippen molar-refractivity contribution >= 4 is 19.3 Å². The van der Waals surface area contributed by atoms with Crippen LogP contribution in [0.2, 0.25) is 16.6 Å². The van der Waals surface area contributed by atoms with Crippen molar-refractivity contribution in [3.05, 3.63) is 70.6 Å². The van der Waals surface area contributed by atoms with E-state index >= 15 is 0 Å². The molecule has 0 aliphatic carbocycles. The molecule has 1 heterocycles. The molecule has 0 fully saturated rings. The average molecular weight is 425 g/mol. The summed E-state index contributed by atoms with van der Waals surface area (Å²) >= 11 is 0. The molecular weight excluding hydrogens is 392 g/mol. The molecule has 0 radical (unpaired) electrons. The Labute approximate surface area is 180 Å². The summed E-state index contributed by atoms with van der Waals surface area (Å²) < 4.78 is 17.8. The van der Waals surface area contributed by atoms with E-state index in [1.165, 1.54) is 6.07 Å². The normalized spacial score (nSPS) is 12.2. The van der Waals surface area contributed by atoms with Crippen LogP contribution in [-0.2, 0) is 6.61 Å². The van der Waals surface area contributed by atoms with Crippen molar-refractivity contribution in [1.29, 1.82) is 0 Å². The lowest BCUT2D eigenvalue weighted by atomic mass is 10.2. The Hall–Kier alpha value is -2.53. The summed E-state index contributed by atoms with van der Waals surface area (Å²) in [4.78, 5) is 11.4. The van der Waals surface area contributed by atoms with Gasteiger partial charge in [-0.15, -0.1) is 0 Å². The summed E-state index contributed by atoms with van der Waals surface area (Å²) in [6.45, 7) is 14.2. The van der Waals surface area contributed by atoms with Gasteiger partial charge in [-0.05, 0) is 52.5 Å². The SMILES string of the molecule is CC(C)[Si](Oc1ccc(COc2ccc3ccc(=O)oc3c2)cc1)(C(C)C)C(C)C. The van der Waals surface area contributed by atoms with Gasteiger partial charge < -0.3 is 13.6 Å². The third kappa shape index (κ3) is 4.62. The van der Waals surface area contributed by atoms with Gasteiger partial charge in [0.1, 0.15) is 23.7 Å². The summed E-state index contributed by atoms with van der Waals surface area (Å²) in [5.74, 6) is 1.61. The molecule has 3 rings (SSSR count). The predicted molar refractivity (Wildman–Crippen MR) is 125 cm³/mol. The molecule has 0 N–H and O–H groups in total. The van der Waals surface area contributed by atoms with Gasteiger partial charge in [-0.3, -0.25) is 0 Å². The maximum absolute atomic E-state index is 11.4. The van der Waals surface area contributed by atoms with Gasteiger partial charge >= 0.3 is 5.63 Å². The second kappa shape index (κ2) is 9.09. The van der Waals surface area contributed by atoms with Gasteiger partial charge in [-0.2, -0.15) is 0 Å². The minimum atomic E-state index is -1.95. The number of hydrogen-bond acceptors (Lipinski definition) is 4. The summed E-state index contributed by atoms with van der Waals surface area (Å²) in [5, 5.41) is 0.872. The lowest BCUT2D eigenvalue weighted by molar-refractivity contribution is 0.306.